The number of carbonyl (C=O) groups excluding carboxylic acids is 2. The van der Waals surface area contributed by atoms with Crippen molar-refractivity contribution in [3.8, 4) is 0 Å². The summed E-state index contributed by atoms with van der Waals surface area (Å²) in [6, 6.07) is 8.56. The minimum absolute atomic E-state index is 0.0250. The van der Waals surface area contributed by atoms with Gasteiger partial charge in [-0.3, -0.25) is 9.59 Å². The average molecular weight is 342 g/mol. The van der Waals surface area contributed by atoms with Crippen LogP contribution in [0.5, 0.6) is 0 Å². The van der Waals surface area contributed by atoms with Crippen LogP contribution in [0.4, 0.5) is 0 Å². The quantitative estimate of drug-likeness (QED) is 0.891. The van der Waals surface area contributed by atoms with Gasteiger partial charge < -0.3 is 10.2 Å². The van der Waals surface area contributed by atoms with E-state index in [0.29, 0.717) is 25.4 Å². The Hall–Kier alpha value is -1.84. The maximum atomic E-state index is 13.3. The number of rotatable bonds is 5. The van der Waals surface area contributed by atoms with Gasteiger partial charge in [-0.1, -0.05) is 56.0 Å². The van der Waals surface area contributed by atoms with Crippen molar-refractivity contribution in [3.63, 3.8) is 0 Å². The fourth-order valence-corrected chi connectivity index (χ4v) is 4.22. The highest BCUT2D eigenvalue weighted by Gasteiger charge is 2.39. The van der Waals surface area contributed by atoms with Crippen molar-refractivity contribution in [1.82, 2.24) is 10.2 Å². The predicted octanol–water partition coefficient (Wildman–Crippen LogP) is 3.40. The van der Waals surface area contributed by atoms with Crippen molar-refractivity contribution in [2.45, 2.75) is 64.3 Å². The topological polar surface area (TPSA) is 49.4 Å². The Morgan fingerprint density at radius 3 is 2.56 bits per heavy atom. The third kappa shape index (κ3) is 4.23. The van der Waals surface area contributed by atoms with Gasteiger partial charge in [0.2, 0.25) is 11.8 Å². The molecule has 4 nitrogen and oxygen atoms in total. The van der Waals surface area contributed by atoms with Gasteiger partial charge in [0, 0.05) is 19.5 Å². The van der Waals surface area contributed by atoms with Gasteiger partial charge in [-0.2, -0.15) is 0 Å². The zero-order valence-corrected chi connectivity index (χ0v) is 15.5. The van der Waals surface area contributed by atoms with Crippen molar-refractivity contribution in [1.29, 1.82) is 0 Å². The molecule has 136 valence electrons. The number of aryl methyl sites for hydroxylation is 1. The third-order valence-corrected chi connectivity index (χ3v) is 5.67. The molecule has 1 unspecified atom stereocenters. The molecule has 1 aliphatic carbocycles. The van der Waals surface area contributed by atoms with E-state index in [0.717, 1.165) is 18.4 Å². The van der Waals surface area contributed by atoms with Crippen LogP contribution in [-0.4, -0.2) is 35.8 Å². The number of hydrogen-bond donors (Lipinski definition) is 1. The molecular formula is C21H30N2O2. The molecule has 1 aromatic rings. The molecule has 1 saturated heterocycles. The molecule has 0 aromatic heterocycles. The average Bonchev–Trinajstić information content (AvgIpc) is 2.58. The second-order valence-corrected chi connectivity index (χ2v) is 7.65. The molecule has 3 rings (SSSR count). The van der Waals surface area contributed by atoms with E-state index in [4.69, 9.17) is 0 Å². The van der Waals surface area contributed by atoms with Gasteiger partial charge in [0.25, 0.3) is 0 Å². The Kier molecular flexibility index (Phi) is 5.77. The van der Waals surface area contributed by atoms with Gasteiger partial charge in [0.1, 0.15) is 0 Å². The summed E-state index contributed by atoms with van der Waals surface area (Å²) in [7, 11) is 0. The number of nitrogens with zero attached hydrogens (tertiary/aromatic N) is 1. The zero-order valence-electron chi connectivity index (χ0n) is 15.5. The molecule has 2 aliphatic rings. The number of amides is 2. The van der Waals surface area contributed by atoms with Crippen molar-refractivity contribution in [2.75, 3.05) is 13.1 Å². The molecule has 2 fully saturated rings. The van der Waals surface area contributed by atoms with E-state index in [1.54, 1.807) is 0 Å². The van der Waals surface area contributed by atoms with Crippen molar-refractivity contribution < 1.29 is 9.59 Å². The second kappa shape index (κ2) is 8.03. The van der Waals surface area contributed by atoms with Crippen LogP contribution >= 0.6 is 0 Å². The lowest BCUT2D eigenvalue weighted by Crippen LogP contribution is -2.62. The fourth-order valence-electron chi connectivity index (χ4n) is 4.22. The Balaban J connectivity index is 1.71. The van der Waals surface area contributed by atoms with Gasteiger partial charge >= 0.3 is 0 Å². The minimum atomic E-state index is -0.0250. The first-order chi connectivity index (χ1) is 12.1. The summed E-state index contributed by atoms with van der Waals surface area (Å²) in [5.41, 5.74) is 2.38. The molecule has 4 heteroatoms. The summed E-state index contributed by atoms with van der Waals surface area (Å²) in [5, 5.41) is 2.99. The summed E-state index contributed by atoms with van der Waals surface area (Å²) in [5.74, 6) is 0.745. The Labute approximate surface area is 151 Å². The number of hydrogen-bond acceptors (Lipinski definition) is 2. The first-order valence-corrected chi connectivity index (χ1v) is 9.73. The first-order valence-electron chi connectivity index (χ1n) is 9.73. The molecule has 0 spiro atoms. The Morgan fingerprint density at radius 1 is 1.20 bits per heavy atom. The van der Waals surface area contributed by atoms with Crippen molar-refractivity contribution >= 4 is 11.8 Å². The molecule has 1 aromatic carbocycles. The van der Waals surface area contributed by atoms with Gasteiger partial charge in [-0.15, -0.1) is 0 Å². The minimum Gasteiger partial charge on any atom is -0.350 e. The van der Waals surface area contributed by atoms with Crippen LogP contribution in [0.25, 0.3) is 0 Å². The van der Waals surface area contributed by atoms with E-state index in [9.17, 15) is 9.59 Å². The Bertz CT molecular complexity index is 616. The normalized spacial score (nSPS) is 20.0. The highest BCUT2D eigenvalue weighted by Crippen LogP contribution is 2.38. The predicted molar refractivity (Wildman–Crippen MR) is 99.3 cm³/mol. The monoisotopic (exact) mass is 342 g/mol. The number of carbonyl (C=O) groups is 2. The van der Waals surface area contributed by atoms with E-state index in [1.807, 2.05) is 11.8 Å². The standard InChI is InChI=1S/C21H30N2O2/c1-3-19(24)22-18-13-23(14-18)21(25)20(16-9-5-4-6-10-16)17-11-7-8-15(2)12-17/h7-8,11-12,16,18,20H,3-6,9-10,13-14H2,1-2H3,(H,22,24). The van der Waals surface area contributed by atoms with Crippen LogP contribution in [-0.2, 0) is 9.59 Å². The summed E-state index contributed by atoms with van der Waals surface area (Å²) >= 11 is 0. The van der Waals surface area contributed by atoms with E-state index >= 15 is 0 Å². The lowest BCUT2D eigenvalue weighted by Gasteiger charge is -2.43. The maximum absolute atomic E-state index is 13.3. The smallest absolute Gasteiger partial charge is 0.230 e. The van der Waals surface area contributed by atoms with E-state index in [1.165, 1.54) is 24.8 Å². The lowest BCUT2D eigenvalue weighted by atomic mass is 9.75. The summed E-state index contributed by atoms with van der Waals surface area (Å²) in [6.07, 6.45) is 6.55. The molecule has 0 radical (unpaired) electrons. The molecule has 1 N–H and O–H groups in total. The summed E-state index contributed by atoms with van der Waals surface area (Å²) in [6.45, 7) is 5.25. The van der Waals surface area contributed by atoms with Crippen molar-refractivity contribution in [2.24, 2.45) is 5.92 Å². The molecule has 1 heterocycles. The van der Waals surface area contributed by atoms with Crippen LogP contribution in [0, 0.1) is 12.8 Å². The molecule has 1 saturated carbocycles. The van der Waals surface area contributed by atoms with Crippen LogP contribution in [0.15, 0.2) is 24.3 Å². The molecule has 25 heavy (non-hydrogen) atoms. The molecular weight excluding hydrogens is 312 g/mol. The van der Waals surface area contributed by atoms with E-state index in [2.05, 4.69) is 36.5 Å². The lowest BCUT2D eigenvalue weighted by molar-refractivity contribution is -0.141. The number of benzene rings is 1. The van der Waals surface area contributed by atoms with Gasteiger partial charge in [0.15, 0.2) is 0 Å². The SMILES string of the molecule is CCC(=O)NC1CN(C(=O)C(c2cccc(C)c2)C2CCCCC2)C1. The van der Waals surface area contributed by atoms with Crippen LogP contribution in [0.2, 0.25) is 0 Å². The Morgan fingerprint density at radius 2 is 1.92 bits per heavy atom. The van der Waals surface area contributed by atoms with Gasteiger partial charge in [0.05, 0.1) is 12.0 Å². The highest BCUT2D eigenvalue weighted by molar-refractivity contribution is 5.85. The van der Waals surface area contributed by atoms with Crippen LogP contribution < -0.4 is 5.32 Å². The number of nitrogens with one attached hydrogen (secondary N) is 1. The zero-order chi connectivity index (χ0) is 17.8. The van der Waals surface area contributed by atoms with Gasteiger partial charge in [-0.25, -0.2) is 0 Å². The largest absolute Gasteiger partial charge is 0.350 e. The molecule has 0 bridgehead atoms. The molecule has 1 atom stereocenters. The van der Waals surface area contributed by atoms with Gasteiger partial charge in [-0.05, 0) is 31.2 Å². The first kappa shape index (κ1) is 18.0. The highest BCUT2D eigenvalue weighted by atomic mass is 16.2. The van der Waals surface area contributed by atoms with E-state index in [-0.39, 0.29) is 23.8 Å². The molecule has 1 aliphatic heterocycles. The van der Waals surface area contributed by atoms with Crippen molar-refractivity contribution in [3.05, 3.63) is 35.4 Å². The fraction of sp³-hybridized carbons (Fsp3) is 0.619. The number of likely N-dealkylation sites (tertiary alicyclic amines) is 1. The van der Waals surface area contributed by atoms with Crippen LogP contribution in [0.1, 0.15) is 62.5 Å². The second-order valence-electron chi connectivity index (χ2n) is 7.65. The van der Waals surface area contributed by atoms with E-state index < -0.39 is 0 Å². The summed E-state index contributed by atoms with van der Waals surface area (Å²) in [4.78, 5) is 26.7. The third-order valence-electron chi connectivity index (χ3n) is 5.67. The maximum Gasteiger partial charge on any atom is 0.230 e. The molecule has 2 amide bonds. The summed E-state index contributed by atoms with van der Waals surface area (Å²) < 4.78 is 0. The van der Waals surface area contributed by atoms with Crippen LogP contribution in [0.3, 0.4) is 0 Å².